The van der Waals surface area contributed by atoms with E-state index in [2.05, 4.69) is 12.2 Å². The van der Waals surface area contributed by atoms with E-state index >= 15 is 0 Å². The number of rotatable bonds is 9. The van der Waals surface area contributed by atoms with E-state index in [4.69, 9.17) is 16.3 Å². The molecule has 1 atom stereocenters. The minimum atomic E-state index is -0.0536. The number of benzene rings is 1. The van der Waals surface area contributed by atoms with Gasteiger partial charge in [0.05, 0.1) is 6.61 Å². The first kappa shape index (κ1) is 16.8. The number of hydrogen-bond donors (Lipinski definition) is 1. The number of ether oxygens (including phenoxy) is 1. The third-order valence-corrected chi connectivity index (χ3v) is 3.39. The number of halogens is 1. The van der Waals surface area contributed by atoms with Gasteiger partial charge in [0.15, 0.2) is 0 Å². The maximum Gasteiger partial charge on any atom is 0.251 e. The fraction of sp³-hybridized carbons (Fsp3) is 0.562. The molecule has 4 heteroatoms. The predicted molar refractivity (Wildman–Crippen MR) is 83.7 cm³/mol. The number of nitrogens with one attached hydrogen (secondary N) is 1. The molecule has 0 aliphatic carbocycles. The average Bonchev–Trinajstić information content (AvgIpc) is 2.47. The zero-order valence-electron chi connectivity index (χ0n) is 12.3. The van der Waals surface area contributed by atoms with Gasteiger partial charge >= 0.3 is 0 Å². The van der Waals surface area contributed by atoms with Crippen LogP contribution in [-0.2, 0) is 0 Å². The van der Waals surface area contributed by atoms with Gasteiger partial charge in [0.1, 0.15) is 5.75 Å². The summed E-state index contributed by atoms with van der Waals surface area (Å²) in [5.74, 6) is 1.31. The number of carbonyl (C=O) groups is 1. The second-order valence-electron chi connectivity index (χ2n) is 4.78. The summed E-state index contributed by atoms with van der Waals surface area (Å²) in [5, 5.41) is 2.99. The molecule has 0 heterocycles. The van der Waals surface area contributed by atoms with Crippen LogP contribution < -0.4 is 10.1 Å². The number of carbonyl (C=O) groups excluding carboxylic acids is 1. The summed E-state index contributed by atoms with van der Waals surface area (Å²) < 4.78 is 5.57. The normalized spacial score (nSPS) is 11.9. The SMILES string of the molecule is CCCCOc1ccc(C(=O)NC(CC)CCCl)cc1. The standard InChI is InChI=1S/C16H24ClNO2/c1-3-5-12-20-15-8-6-13(7-9-15)16(19)18-14(4-2)10-11-17/h6-9,14H,3-5,10-12H2,1-2H3,(H,18,19). The van der Waals surface area contributed by atoms with Crippen LogP contribution in [0.3, 0.4) is 0 Å². The molecule has 1 amide bonds. The highest BCUT2D eigenvalue weighted by Gasteiger charge is 2.11. The maximum absolute atomic E-state index is 12.1. The summed E-state index contributed by atoms with van der Waals surface area (Å²) in [7, 11) is 0. The van der Waals surface area contributed by atoms with Gasteiger partial charge in [-0.3, -0.25) is 4.79 Å². The van der Waals surface area contributed by atoms with E-state index in [0.29, 0.717) is 11.4 Å². The molecule has 0 radical (unpaired) electrons. The van der Waals surface area contributed by atoms with Crippen molar-refractivity contribution < 1.29 is 9.53 Å². The summed E-state index contributed by atoms with van der Waals surface area (Å²) in [4.78, 5) is 12.1. The Morgan fingerprint density at radius 1 is 1.30 bits per heavy atom. The third-order valence-electron chi connectivity index (χ3n) is 3.17. The summed E-state index contributed by atoms with van der Waals surface area (Å²) >= 11 is 5.72. The van der Waals surface area contributed by atoms with E-state index in [0.717, 1.165) is 38.0 Å². The minimum absolute atomic E-state index is 0.0536. The van der Waals surface area contributed by atoms with Gasteiger partial charge in [-0.05, 0) is 43.5 Å². The third kappa shape index (κ3) is 5.83. The molecule has 1 aromatic rings. The molecular formula is C16H24ClNO2. The van der Waals surface area contributed by atoms with Crippen LogP contribution in [-0.4, -0.2) is 24.4 Å². The van der Waals surface area contributed by atoms with E-state index in [1.807, 2.05) is 19.1 Å². The van der Waals surface area contributed by atoms with Crippen LogP contribution in [0.4, 0.5) is 0 Å². The highest BCUT2D eigenvalue weighted by atomic mass is 35.5. The van der Waals surface area contributed by atoms with Crippen molar-refractivity contribution in [3.05, 3.63) is 29.8 Å². The van der Waals surface area contributed by atoms with E-state index < -0.39 is 0 Å². The monoisotopic (exact) mass is 297 g/mol. The molecule has 1 aromatic carbocycles. The molecule has 1 N–H and O–H groups in total. The lowest BCUT2D eigenvalue weighted by Gasteiger charge is -2.15. The van der Waals surface area contributed by atoms with Gasteiger partial charge < -0.3 is 10.1 Å². The van der Waals surface area contributed by atoms with Crippen LogP contribution in [0.5, 0.6) is 5.75 Å². The molecule has 20 heavy (non-hydrogen) atoms. The van der Waals surface area contributed by atoms with Crippen LogP contribution in [0.15, 0.2) is 24.3 Å². The molecule has 1 rings (SSSR count). The zero-order valence-corrected chi connectivity index (χ0v) is 13.1. The van der Waals surface area contributed by atoms with Crippen LogP contribution in [0, 0.1) is 0 Å². The van der Waals surface area contributed by atoms with Gasteiger partial charge in [0.2, 0.25) is 0 Å². The van der Waals surface area contributed by atoms with Gasteiger partial charge in [-0.1, -0.05) is 20.3 Å². The molecule has 0 aliphatic heterocycles. The van der Waals surface area contributed by atoms with Gasteiger partial charge in [-0.15, -0.1) is 11.6 Å². The van der Waals surface area contributed by atoms with Crippen LogP contribution >= 0.6 is 11.6 Å². The lowest BCUT2D eigenvalue weighted by Crippen LogP contribution is -2.34. The molecule has 0 spiro atoms. The first-order valence-electron chi connectivity index (χ1n) is 7.30. The van der Waals surface area contributed by atoms with E-state index in [1.54, 1.807) is 12.1 Å². The number of hydrogen-bond acceptors (Lipinski definition) is 2. The lowest BCUT2D eigenvalue weighted by molar-refractivity contribution is 0.0935. The second kappa shape index (κ2) is 9.65. The van der Waals surface area contributed by atoms with Crippen molar-refractivity contribution in [2.75, 3.05) is 12.5 Å². The highest BCUT2D eigenvalue weighted by Crippen LogP contribution is 2.13. The molecule has 1 unspecified atom stereocenters. The highest BCUT2D eigenvalue weighted by molar-refractivity contribution is 6.17. The van der Waals surface area contributed by atoms with Gasteiger partial charge in [0, 0.05) is 17.5 Å². The van der Waals surface area contributed by atoms with Gasteiger partial charge in [-0.2, -0.15) is 0 Å². The molecule has 0 fully saturated rings. The van der Waals surface area contributed by atoms with Crippen molar-refractivity contribution in [3.8, 4) is 5.75 Å². The zero-order chi connectivity index (χ0) is 14.8. The van der Waals surface area contributed by atoms with Crippen molar-refractivity contribution >= 4 is 17.5 Å². The van der Waals surface area contributed by atoms with Gasteiger partial charge in [0.25, 0.3) is 5.91 Å². The summed E-state index contributed by atoms with van der Waals surface area (Å²) in [6, 6.07) is 7.41. The number of alkyl halides is 1. The molecule has 112 valence electrons. The Hall–Kier alpha value is -1.22. The lowest BCUT2D eigenvalue weighted by atomic mass is 10.1. The molecule has 0 saturated heterocycles. The topological polar surface area (TPSA) is 38.3 Å². The first-order chi connectivity index (χ1) is 9.71. The van der Waals surface area contributed by atoms with Crippen LogP contribution in [0.1, 0.15) is 49.9 Å². The Labute approximate surface area is 126 Å². The molecular weight excluding hydrogens is 274 g/mol. The van der Waals surface area contributed by atoms with Crippen molar-refractivity contribution in [1.29, 1.82) is 0 Å². The maximum atomic E-state index is 12.1. The molecule has 0 aliphatic rings. The van der Waals surface area contributed by atoms with Crippen LogP contribution in [0.2, 0.25) is 0 Å². The number of amides is 1. The Balaban J connectivity index is 2.52. The Morgan fingerprint density at radius 3 is 2.55 bits per heavy atom. The number of unbranched alkanes of at least 4 members (excludes halogenated alkanes) is 1. The Morgan fingerprint density at radius 2 is 2.00 bits per heavy atom. The Bertz CT molecular complexity index is 392. The molecule has 0 aromatic heterocycles. The second-order valence-corrected chi connectivity index (χ2v) is 5.16. The van der Waals surface area contributed by atoms with Crippen molar-refractivity contribution in [2.45, 2.75) is 45.6 Å². The van der Waals surface area contributed by atoms with Crippen molar-refractivity contribution in [1.82, 2.24) is 5.32 Å². The summed E-state index contributed by atoms with van der Waals surface area (Å²) in [5.41, 5.74) is 0.654. The first-order valence-corrected chi connectivity index (χ1v) is 7.84. The smallest absolute Gasteiger partial charge is 0.251 e. The average molecular weight is 298 g/mol. The Kier molecular flexibility index (Phi) is 8.12. The minimum Gasteiger partial charge on any atom is -0.494 e. The van der Waals surface area contributed by atoms with E-state index in [1.165, 1.54) is 0 Å². The largest absolute Gasteiger partial charge is 0.494 e. The molecule has 0 bridgehead atoms. The van der Waals surface area contributed by atoms with E-state index in [-0.39, 0.29) is 11.9 Å². The predicted octanol–water partition coefficient (Wildman–Crippen LogP) is 4.00. The summed E-state index contributed by atoms with van der Waals surface area (Å²) in [6.07, 6.45) is 3.83. The van der Waals surface area contributed by atoms with Crippen LogP contribution in [0.25, 0.3) is 0 Å². The fourth-order valence-electron chi connectivity index (χ4n) is 1.82. The summed E-state index contributed by atoms with van der Waals surface area (Å²) in [6.45, 7) is 4.89. The van der Waals surface area contributed by atoms with Gasteiger partial charge in [-0.25, -0.2) is 0 Å². The van der Waals surface area contributed by atoms with E-state index in [9.17, 15) is 4.79 Å². The van der Waals surface area contributed by atoms with Crippen molar-refractivity contribution in [2.24, 2.45) is 0 Å². The molecule has 0 saturated carbocycles. The van der Waals surface area contributed by atoms with Crippen molar-refractivity contribution in [3.63, 3.8) is 0 Å². The quantitative estimate of drug-likeness (QED) is 0.552. The fourth-order valence-corrected chi connectivity index (χ4v) is 2.08. The molecule has 3 nitrogen and oxygen atoms in total.